The Morgan fingerprint density at radius 1 is 1.45 bits per heavy atom. The second kappa shape index (κ2) is 6.29. The topological polar surface area (TPSA) is 37.4 Å². The molecule has 3 nitrogen and oxygen atoms in total. The van der Waals surface area contributed by atoms with E-state index in [1.54, 1.807) is 4.90 Å². The minimum atomic E-state index is -3.28. The van der Waals surface area contributed by atoms with Crippen LogP contribution in [-0.2, 0) is 16.4 Å². The van der Waals surface area contributed by atoms with Crippen LogP contribution in [0.1, 0.15) is 5.56 Å². The fourth-order valence-corrected chi connectivity index (χ4v) is 5.42. The summed E-state index contributed by atoms with van der Waals surface area (Å²) in [5, 5.41) is -0.695. The van der Waals surface area contributed by atoms with Crippen molar-refractivity contribution in [1.82, 2.24) is 4.90 Å². The van der Waals surface area contributed by atoms with E-state index in [9.17, 15) is 17.2 Å². The van der Waals surface area contributed by atoms with Crippen LogP contribution in [0.2, 0.25) is 0 Å². The van der Waals surface area contributed by atoms with E-state index in [1.165, 1.54) is 23.9 Å². The highest BCUT2D eigenvalue weighted by molar-refractivity contribution is 9.10. The number of hydrogen-bond donors (Lipinski definition) is 0. The summed E-state index contributed by atoms with van der Waals surface area (Å²) in [6, 6.07) is 2.48. The summed E-state index contributed by atoms with van der Waals surface area (Å²) in [6.07, 6.45) is 1.16. The molecule has 0 spiro atoms. The van der Waals surface area contributed by atoms with Crippen LogP contribution >= 0.6 is 27.7 Å². The maximum atomic E-state index is 14.0. The minimum absolute atomic E-state index is 0.0462. The molecule has 1 atom stereocenters. The van der Waals surface area contributed by atoms with Crippen LogP contribution in [0.5, 0.6) is 0 Å². The van der Waals surface area contributed by atoms with Crippen LogP contribution in [-0.4, -0.2) is 43.0 Å². The summed E-state index contributed by atoms with van der Waals surface area (Å²) in [7, 11) is -3.28. The number of sulfone groups is 1. The van der Waals surface area contributed by atoms with Crippen molar-refractivity contribution in [2.45, 2.75) is 11.9 Å². The fraction of sp³-hybridized carbons (Fsp3) is 0.500. The van der Waals surface area contributed by atoms with E-state index >= 15 is 0 Å². The largest absolute Gasteiger partial charge is 0.281 e. The first-order valence-corrected chi connectivity index (χ1v) is 9.84. The summed E-state index contributed by atoms with van der Waals surface area (Å²) in [4.78, 5) is 1.62. The third-order valence-electron chi connectivity index (χ3n) is 3.18. The van der Waals surface area contributed by atoms with E-state index in [0.29, 0.717) is 12.3 Å². The number of halogens is 3. The van der Waals surface area contributed by atoms with Gasteiger partial charge < -0.3 is 0 Å². The first-order chi connectivity index (χ1) is 9.30. The minimum Gasteiger partial charge on any atom is -0.281 e. The number of benzene rings is 1. The molecular formula is C12H14BrF2NO2S2. The predicted octanol–water partition coefficient (Wildman–Crippen LogP) is 2.65. The Hall–Kier alpha value is -0.180. The molecule has 1 saturated heterocycles. The molecule has 1 unspecified atom stereocenters. The number of rotatable bonds is 3. The molecule has 0 aromatic heterocycles. The monoisotopic (exact) mass is 385 g/mol. The van der Waals surface area contributed by atoms with E-state index in [2.05, 4.69) is 15.9 Å². The maximum absolute atomic E-state index is 14.0. The van der Waals surface area contributed by atoms with Gasteiger partial charge in [0.25, 0.3) is 0 Å². The van der Waals surface area contributed by atoms with E-state index in [0.717, 1.165) is 12.0 Å². The molecule has 0 saturated carbocycles. The summed E-state index contributed by atoms with van der Waals surface area (Å²) in [5.74, 6) is -0.147. The van der Waals surface area contributed by atoms with Crippen molar-refractivity contribution in [2.75, 3.05) is 24.3 Å². The average Bonchev–Trinajstić information content (AvgIpc) is 2.38. The summed E-state index contributed by atoms with van der Waals surface area (Å²) >= 11 is 4.56. The van der Waals surface area contributed by atoms with Gasteiger partial charge in [0.1, 0.15) is 17.0 Å². The summed E-state index contributed by atoms with van der Waals surface area (Å²) < 4.78 is 51.5. The normalized spacial score (nSPS) is 21.1. The smallest absolute Gasteiger partial charge is 0.164 e. The molecule has 1 aromatic rings. The zero-order valence-electron chi connectivity index (χ0n) is 10.8. The Morgan fingerprint density at radius 2 is 2.15 bits per heavy atom. The van der Waals surface area contributed by atoms with Crippen molar-refractivity contribution in [1.29, 1.82) is 0 Å². The van der Waals surface area contributed by atoms with Gasteiger partial charge in [-0.25, -0.2) is 17.2 Å². The van der Waals surface area contributed by atoms with Crippen LogP contribution in [0, 0.1) is 11.6 Å². The lowest BCUT2D eigenvalue weighted by Crippen LogP contribution is -2.46. The van der Waals surface area contributed by atoms with E-state index < -0.39 is 26.8 Å². The number of hydrogen-bond acceptors (Lipinski definition) is 4. The van der Waals surface area contributed by atoms with Crippen LogP contribution in [0.25, 0.3) is 0 Å². The molecule has 1 aliphatic heterocycles. The Bertz CT molecular complexity index is 610. The highest BCUT2D eigenvalue weighted by Gasteiger charge is 2.32. The van der Waals surface area contributed by atoms with Gasteiger partial charge in [-0.1, -0.05) is 0 Å². The highest BCUT2D eigenvalue weighted by atomic mass is 79.9. The second-order valence-electron chi connectivity index (χ2n) is 4.65. The zero-order valence-corrected chi connectivity index (χ0v) is 14.0. The van der Waals surface area contributed by atoms with E-state index in [-0.39, 0.29) is 16.6 Å². The quantitative estimate of drug-likeness (QED) is 0.749. The fourth-order valence-electron chi connectivity index (χ4n) is 2.11. The molecule has 0 aliphatic carbocycles. The molecule has 0 radical (unpaired) electrons. The maximum Gasteiger partial charge on any atom is 0.164 e. The van der Waals surface area contributed by atoms with E-state index in [1.807, 2.05) is 0 Å². The summed E-state index contributed by atoms with van der Waals surface area (Å²) in [6.45, 7) is 0.448. The zero-order chi connectivity index (χ0) is 14.9. The first kappa shape index (κ1) is 16.2. The van der Waals surface area contributed by atoms with Gasteiger partial charge in [-0.3, -0.25) is 4.90 Å². The third kappa shape index (κ3) is 3.52. The van der Waals surface area contributed by atoms with Crippen molar-refractivity contribution in [3.05, 3.63) is 33.8 Å². The van der Waals surface area contributed by atoms with Crippen molar-refractivity contribution >= 4 is 37.5 Å². The van der Waals surface area contributed by atoms with Crippen molar-refractivity contribution in [2.24, 2.45) is 0 Å². The molecule has 1 heterocycles. The van der Waals surface area contributed by atoms with Crippen LogP contribution < -0.4 is 0 Å². The van der Waals surface area contributed by atoms with Crippen molar-refractivity contribution in [3.8, 4) is 0 Å². The molecule has 0 N–H and O–H groups in total. The highest BCUT2D eigenvalue weighted by Crippen LogP contribution is 2.27. The molecule has 0 amide bonds. The van der Waals surface area contributed by atoms with Gasteiger partial charge in [-0.05, 0) is 28.1 Å². The van der Waals surface area contributed by atoms with Crippen LogP contribution in [0.3, 0.4) is 0 Å². The Morgan fingerprint density at radius 3 is 2.80 bits per heavy atom. The lowest BCUT2D eigenvalue weighted by atomic mass is 10.2. The average molecular weight is 386 g/mol. The van der Waals surface area contributed by atoms with Gasteiger partial charge in [0.05, 0.1) is 4.47 Å². The van der Waals surface area contributed by atoms with Gasteiger partial charge >= 0.3 is 0 Å². The van der Waals surface area contributed by atoms with Gasteiger partial charge in [0.2, 0.25) is 0 Å². The van der Waals surface area contributed by atoms with Gasteiger partial charge in [-0.2, -0.15) is 11.8 Å². The SMILES string of the molecule is CS(=O)(=O)C1CSCCN1Cc1c(F)ccc(Br)c1F. The standard InChI is InChI=1S/C12H14BrF2NO2S2/c1-20(17,18)11-7-19-5-4-16(11)6-8-10(14)3-2-9(13)12(8)15/h2-3,11H,4-7H2,1H3. The molecule has 8 heteroatoms. The Labute approximate surface area is 129 Å². The molecule has 2 rings (SSSR count). The van der Waals surface area contributed by atoms with Gasteiger partial charge in [0.15, 0.2) is 9.84 Å². The molecule has 1 fully saturated rings. The third-order valence-corrected chi connectivity index (χ3v) is 6.48. The van der Waals surface area contributed by atoms with E-state index in [4.69, 9.17) is 0 Å². The number of thioether (sulfide) groups is 1. The molecule has 20 heavy (non-hydrogen) atoms. The lowest BCUT2D eigenvalue weighted by molar-refractivity contribution is 0.254. The Kier molecular flexibility index (Phi) is 5.09. The molecular weight excluding hydrogens is 372 g/mol. The molecule has 1 aromatic carbocycles. The molecule has 0 bridgehead atoms. The van der Waals surface area contributed by atoms with Crippen molar-refractivity contribution < 1.29 is 17.2 Å². The Balaban J connectivity index is 2.30. The number of nitrogens with zero attached hydrogens (tertiary/aromatic N) is 1. The molecule has 1 aliphatic rings. The predicted molar refractivity (Wildman–Crippen MR) is 80.4 cm³/mol. The van der Waals surface area contributed by atoms with Crippen molar-refractivity contribution in [3.63, 3.8) is 0 Å². The van der Waals surface area contributed by atoms with Crippen LogP contribution in [0.4, 0.5) is 8.78 Å². The molecule has 112 valence electrons. The lowest BCUT2D eigenvalue weighted by Gasteiger charge is -2.34. The van der Waals surface area contributed by atoms with Crippen LogP contribution in [0.15, 0.2) is 16.6 Å². The van der Waals surface area contributed by atoms with Gasteiger partial charge in [0, 0.05) is 36.4 Å². The second-order valence-corrected chi connectivity index (χ2v) is 8.86. The first-order valence-electron chi connectivity index (χ1n) is 5.93. The summed E-state index contributed by atoms with van der Waals surface area (Å²) in [5.41, 5.74) is -0.0973. The van der Waals surface area contributed by atoms with Gasteiger partial charge in [-0.15, -0.1) is 0 Å².